The number of likely N-dealkylation sites (tertiary alicyclic amines) is 1. The molecular weight excluding hydrogens is 406 g/mol. The van der Waals surface area contributed by atoms with Gasteiger partial charge in [-0.15, -0.1) is 12.4 Å². The summed E-state index contributed by atoms with van der Waals surface area (Å²) < 4.78 is 5.38. The van der Waals surface area contributed by atoms with Crippen molar-refractivity contribution in [3.63, 3.8) is 0 Å². The van der Waals surface area contributed by atoms with E-state index < -0.39 is 5.63 Å². The molecule has 2 aliphatic rings. The number of amides is 2. The average molecular weight is 434 g/mol. The fraction of sp³-hybridized carbons (Fsp3) is 0.500. The molecule has 3 heterocycles. The number of rotatable bonds is 4. The molecule has 0 spiro atoms. The Morgan fingerprint density at radius 3 is 2.80 bits per heavy atom. The zero-order chi connectivity index (χ0) is 20.4. The molecule has 2 N–H and O–H groups in total. The lowest BCUT2D eigenvalue weighted by Crippen LogP contribution is -2.47. The summed E-state index contributed by atoms with van der Waals surface area (Å²) >= 11 is 0. The first-order chi connectivity index (χ1) is 14.0. The van der Waals surface area contributed by atoms with Crippen molar-refractivity contribution in [2.75, 3.05) is 26.2 Å². The van der Waals surface area contributed by atoms with Gasteiger partial charge in [-0.2, -0.15) is 0 Å². The molecular formula is C22H28ClN3O4. The topological polar surface area (TPSA) is 91.7 Å². The number of nitrogens with zero attached hydrogens (tertiary/aromatic N) is 1. The van der Waals surface area contributed by atoms with Crippen molar-refractivity contribution >= 4 is 35.2 Å². The van der Waals surface area contributed by atoms with Gasteiger partial charge in [-0.3, -0.25) is 9.59 Å². The van der Waals surface area contributed by atoms with Crippen LogP contribution >= 0.6 is 12.4 Å². The highest BCUT2D eigenvalue weighted by Gasteiger charge is 2.29. The largest absolute Gasteiger partial charge is 0.422 e. The fourth-order valence-electron chi connectivity index (χ4n) is 4.40. The Kier molecular flexibility index (Phi) is 7.15. The van der Waals surface area contributed by atoms with Gasteiger partial charge < -0.3 is 20.0 Å². The molecule has 7 nitrogen and oxygen atoms in total. The standard InChI is InChI=1S/C22H27N3O4.ClH/c1-14-16-7-2-3-9-18(16)29-22(28)19(14)21(27)25-11-5-6-15(13-25)12-24-20(26)17-8-4-10-23-17;/h2-3,7,9,15,17,23H,4-6,8,10-13H2,1H3,(H,24,26);1H. The van der Waals surface area contributed by atoms with Crippen molar-refractivity contribution in [2.24, 2.45) is 5.92 Å². The van der Waals surface area contributed by atoms with E-state index in [9.17, 15) is 14.4 Å². The average Bonchev–Trinajstić information content (AvgIpc) is 3.27. The highest BCUT2D eigenvalue weighted by Crippen LogP contribution is 2.22. The van der Waals surface area contributed by atoms with Crippen LogP contribution in [-0.4, -0.2) is 48.9 Å². The summed E-state index contributed by atoms with van der Waals surface area (Å²) in [5, 5.41) is 7.00. The van der Waals surface area contributed by atoms with Crippen molar-refractivity contribution in [3.8, 4) is 0 Å². The van der Waals surface area contributed by atoms with Gasteiger partial charge in [-0.05, 0) is 56.7 Å². The molecule has 8 heteroatoms. The highest BCUT2D eigenvalue weighted by molar-refractivity contribution is 5.99. The molecule has 0 radical (unpaired) electrons. The number of nitrogens with one attached hydrogen (secondary N) is 2. The molecule has 2 atom stereocenters. The quantitative estimate of drug-likeness (QED) is 0.721. The smallest absolute Gasteiger partial charge is 0.349 e. The fourth-order valence-corrected chi connectivity index (χ4v) is 4.40. The number of aryl methyl sites for hydroxylation is 1. The third kappa shape index (κ3) is 4.52. The number of para-hydroxylation sites is 1. The Hall–Kier alpha value is -2.38. The first kappa shape index (κ1) is 22.3. The predicted molar refractivity (Wildman–Crippen MR) is 117 cm³/mol. The molecule has 1 aromatic carbocycles. The van der Waals surface area contributed by atoms with Crippen molar-refractivity contribution in [1.82, 2.24) is 15.5 Å². The van der Waals surface area contributed by atoms with E-state index in [0.29, 0.717) is 30.8 Å². The maximum Gasteiger partial charge on any atom is 0.349 e. The van der Waals surface area contributed by atoms with Crippen molar-refractivity contribution in [3.05, 3.63) is 45.8 Å². The third-order valence-electron chi connectivity index (χ3n) is 6.03. The second-order valence-corrected chi connectivity index (χ2v) is 8.04. The molecule has 2 amide bonds. The SMILES string of the molecule is Cc1c(C(=O)N2CCCC(CNC(=O)C3CCCN3)C2)c(=O)oc2ccccc12.Cl. The molecule has 4 rings (SSSR count). The van der Waals surface area contributed by atoms with E-state index >= 15 is 0 Å². The van der Waals surface area contributed by atoms with Gasteiger partial charge in [0.15, 0.2) is 0 Å². The second kappa shape index (κ2) is 9.62. The molecule has 2 fully saturated rings. The van der Waals surface area contributed by atoms with E-state index in [1.54, 1.807) is 24.0 Å². The number of carbonyl (C=O) groups is 2. The van der Waals surface area contributed by atoms with E-state index in [2.05, 4.69) is 10.6 Å². The minimum atomic E-state index is -0.589. The van der Waals surface area contributed by atoms with E-state index in [1.165, 1.54) is 0 Å². The zero-order valence-electron chi connectivity index (χ0n) is 17.1. The van der Waals surface area contributed by atoms with Gasteiger partial charge in [0.25, 0.3) is 5.91 Å². The van der Waals surface area contributed by atoms with Crippen LogP contribution in [0.3, 0.4) is 0 Å². The van der Waals surface area contributed by atoms with Gasteiger partial charge in [-0.1, -0.05) is 18.2 Å². The van der Waals surface area contributed by atoms with Crippen LogP contribution in [0.1, 0.15) is 41.6 Å². The summed E-state index contributed by atoms with van der Waals surface area (Å²) in [6, 6.07) is 7.16. The van der Waals surface area contributed by atoms with Gasteiger partial charge in [-0.25, -0.2) is 4.79 Å². The van der Waals surface area contributed by atoms with Crippen LogP contribution in [0, 0.1) is 12.8 Å². The van der Waals surface area contributed by atoms with Gasteiger partial charge in [0.05, 0.1) is 6.04 Å². The minimum Gasteiger partial charge on any atom is -0.422 e. The maximum atomic E-state index is 13.1. The lowest BCUT2D eigenvalue weighted by atomic mass is 9.96. The molecule has 1 aromatic heterocycles. The van der Waals surface area contributed by atoms with Gasteiger partial charge in [0, 0.05) is 25.0 Å². The Morgan fingerprint density at radius 2 is 2.03 bits per heavy atom. The summed E-state index contributed by atoms with van der Waals surface area (Å²) in [6.07, 6.45) is 3.70. The second-order valence-electron chi connectivity index (χ2n) is 8.04. The molecule has 2 saturated heterocycles. The number of hydrogen-bond acceptors (Lipinski definition) is 5. The van der Waals surface area contributed by atoms with Crippen molar-refractivity contribution in [1.29, 1.82) is 0 Å². The molecule has 0 bridgehead atoms. The minimum absolute atomic E-state index is 0. The Balaban J connectivity index is 0.00000256. The van der Waals surface area contributed by atoms with E-state index in [0.717, 1.165) is 37.6 Å². The molecule has 0 aliphatic carbocycles. The molecule has 162 valence electrons. The molecule has 0 saturated carbocycles. The number of fused-ring (bicyclic) bond motifs is 1. The zero-order valence-corrected chi connectivity index (χ0v) is 17.9. The van der Waals surface area contributed by atoms with E-state index in [-0.39, 0.29) is 41.7 Å². The van der Waals surface area contributed by atoms with Crippen LogP contribution in [0.4, 0.5) is 0 Å². The van der Waals surface area contributed by atoms with Crippen molar-refractivity contribution < 1.29 is 14.0 Å². The Labute approximate surface area is 181 Å². The van der Waals surface area contributed by atoms with Crippen LogP contribution < -0.4 is 16.3 Å². The monoisotopic (exact) mass is 433 g/mol. The van der Waals surface area contributed by atoms with Crippen molar-refractivity contribution in [2.45, 2.75) is 38.6 Å². The van der Waals surface area contributed by atoms with E-state index in [1.807, 2.05) is 12.1 Å². The molecule has 2 aliphatic heterocycles. The van der Waals surface area contributed by atoms with Crippen LogP contribution in [0.5, 0.6) is 0 Å². The first-order valence-corrected chi connectivity index (χ1v) is 10.4. The molecule has 30 heavy (non-hydrogen) atoms. The van der Waals surface area contributed by atoms with Crippen LogP contribution in [0.2, 0.25) is 0 Å². The van der Waals surface area contributed by atoms with Crippen LogP contribution in [0.25, 0.3) is 11.0 Å². The van der Waals surface area contributed by atoms with Crippen LogP contribution in [-0.2, 0) is 4.79 Å². The lowest BCUT2D eigenvalue weighted by Gasteiger charge is -2.33. The highest BCUT2D eigenvalue weighted by atomic mass is 35.5. The number of hydrogen-bond donors (Lipinski definition) is 2. The van der Waals surface area contributed by atoms with Gasteiger partial charge in [0.1, 0.15) is 11.1 Å². The van der Waals surface area contributed by atoms with Crippen LogP contribution in [0.15, 0.2) is 33.5 Å². The summed E-state index contributed by atoms with van der Waals surface area (Å²) in [4.78, 5) is 39.6. The number of piperidine rings is 1. The maximum absolute atomic E-state index is 13.1. The van der Waals surface area contributed by atoms with Gasteiger partial charge in [0.2, 0.25) is 5.91 Å². The lowest BCUT2D eigenvalue weighted by molar-refractivity contribution is -0.123. The first-order valence-electron chi connectivity index (χ1n) is 10.4. The number of benzene rings is 1. The third-order valence-corrected chi connectivity index (χ3v) is 6.03. The number of halogens is 1. The summed E-state index contributed by atoms with van der Waals surface area (Å²) in [5.41, 5.74) is 0.674. The Bertz CT molecular complexity index is 984. The summed E-state index contributed by atoms with van der Waals surface area (Å²) in [5.74, 6) is -0.0571. The summed E-state index contributed by atoms with van der Waals surface area (Å²) in [7, 11) is 0. The Morgan fingerprint density at radius 1 is 1.23 bits per heavy atom. The van der Waals surface area contributed by atoms with Gasteiger partial charge >= 0.3 is 5.63 Å². The number of carbonyl (C=O) groups excluding carboxylic acids is 2. The molecule has 2 unspecified atom stereocenters. The summed E-state index contributed by atoms with van der Waals surface area (Å²) in [6.45, 7) is 4.37. The molecule has 2 aromatic rings. The predicted octanol–water partition coefficient (Wildman–Crippen LogP) is 2.24. The normalized spacial score (nSPS) is 21.3. The van der Waals surface area contributed by atoms with E-state index in [4.69, 9.17) is 4.42 Å².